The smallest absolute Gasteiger partial charge is 0.311 e. The topological polar surface area (TPSA) is 61.6 Å². The number of nitro groups is 1. The molecule has 1 saturated heterocycles. The third-order valence-corrected chi connectivity index (χ3v) is 2.77. The lowest BCUT2D eigenvalue weighted by atomic mass is 10.1. The van der Waals surface area contributed by atoms with E-state index in [1.54, 1.807) is 6.07 Å². The van der Waals surface area contributed by atoms with Gasteiger partial charge in [0.2, 0.25) is 0 Å². The van der Waals surface area contributed by atoms with Crippen LogP contribution in [0.3, 0.4) is 0 Å². The number of nitrogens with zero attached hydrogens (tertiary/aromatic N) is 1. The van der Waals surface area contributed by atoms with E-state index in [2.05, 4.69) is 0 Å². The number of benzene rings is 1. The number of hydrogen-bond acceptors (Lipinski definition) is 4. The molecule has 2 rings (SSSR count). The SMILES string of the molecule is Cc1ccc(OC2CCOCC2)c([N+](=O)[O-])c1. The Bertz CT molecular complexity index is 413. The molecule has 17 heavy (non-hydrogen) atoms. The first-order valence-corrected chi connectivity index (χ1v) is 5.66. The lowest BCUT2D eigenvalue weighted by molar-refractivity contribution is -0.386. The number of nitro benzene ring substituents is 1. The van der Waals surface area contributed by atoms with Crippen LogP contribution >= 0.6 is 0 Å². The highest BCUT2D eigenvalue weighted by molar-refractivity contribution is 5.48. The molecule has 1 fully saturated rings. The van der Waals surface area contributed by atoms with Crippen molar-refractivity contribution in [2.75, 3.05) is 13.2 Å². The molecule has 1 heterocycles. The van der Waals surface area contributed by atoms with E-state index < -0.39 is 4.92 Å². The first kappa shape index (κ1) is 11.9. The second-order valence-corrected chi connectivity index (χ2v) is 4.16. The maximum Gasteiger partial charge on any atom is 0.311 e. The van der Waals surface area contributed by atoms with Crippen molar-refractivity contribution >= 4 is 5.69 Å². The van der Waals surface area contributed by atoms with Crippen LogP contribution in [0.4, 0.5) is 5.69 Å². The summed E-state index contributed by atoms with van der Waals surface area (Å²) in [5, 5.41) is 10.9. The van der Waals surface area contributed by atoms with Gasteiger partial charge in [-0.15, -0.1) is 0 Å². The molecule has 1 aromatic rings. The van der Waals surface area contributed by atoms with E-state index >= 15 is 0 Å². The monoisotopic (exact) mass is 237 g/mol. The molecule has 0 bridgehead atoms. The standard InChI is InChI=1S/C12H15NO4/c1-9-2-3-12(11(8-9)13(14)15)17-10-4-6-16-7-5-10/h2-3,8,10H,4-7H2,1H3. The number of ether oxygens (including phenoxy) is 2. The van der Waals surface area contributed by atoms with Crippen LogP contribution in [-0.4, -0.2) is 24.2 Å². The zero-order chi connectivity index (χ0) is 12.3. The molecular formula is C12H15NO4. The summed E-state index contributed by atoms with van der Waals surface area (Å²) in [5.74, 6) is 0.354. The average molecular weight is 237 g/mol. The van der Waals surface area contributed by atoms with Crippen LogP contribution in [0.15, 0.2) is 18.2 Å². The normalized spacial score (nSPS) is 16.8. The first-order chi connectivity index (χ1) is 8.16. The Kier molecular flexibility index (Phi) is 3.58. The molecule has 0 unspecified atom stereocenters. The van der Waals surface area contributed by atoms with Crippen molar-refractivity contribution in [3.8, 4) is 5.75 Å². The Morgan fingerprint density at radius 3 is 2.76 bits per heavy atom. The summed E-state index contributed by atoms with van der Waals surface area (Å²) in [6.07, 6.45) is 1.58. The van der Waals surface area contributed by atoms with Gasteiger partial charge in [-0.2, -0.15) is 0 Å². The van der Waals surface area contributed by atoms with Crippen molar-refractivity contribution in [1.29, 1.82) is 0 Å². The lowest BCUT2D eigenvalue weighted by Crippen LogP contribution is -2.26. The largest absolute Gasteiger partial charge is 0.483 e. The minimum absolute atomic E-state index is 0.0187. The van der Waals surface area contributed by atoms with Crippen LogP contribution in [0.25, 0.3) is 0 Å². The number of rotatable bonds is 3. The summed E-state index contributed by atoms with van der Waals surface area (Å²) in [5.41, 5.74) is 0.896. The molecule has 0 atom stereocenters. The van der Waals surface area contributed by atoms with E-state index in [0.29, 0.717) is 19.0 Å². The summed E-state index contributed by atoms with van der Waals surface area (Å²) in [6, 6.07) is 5.03. The molecule has 0 aliphatic carbocycles. The Morgan fingerprint density at radius 1 is 1.41 bits per heavy atom. The average Bonchev–Trinajstić information content (AvgIpc) is 2.32. The van der Waals surface area contributed by atoms with Gasteiger partial charge in [-0.05, 0) is 18.6 Å². The molecule has 1 aliphatic heterocycles. The van der Waals surface area contributed by atoms with Crippen molar-refractivity contribution in [2.45, 2.75) is 25.9 Å². The van der Waals surface area contributed by atoms with E-state index in [0.717, 1.165) is 18.4 Å². The van der Waals surface area contributed by atoms with Crippen LogP contribution in [0.1, 0.15) is 18.4 Å². The van der Waals surface area contributed by atoms with E-state index in [9.17, 15) is 10.1 Å². The summed E-state index contributed by atoms with van der Waals surface area (Å²) >= 11 is 0. The second-order valence-electron chi connectivity index (χ2n) is 4.16. The lowest BCUT2D eigenvalue weighted by Gasteiger charge is -2.23. The van der Waals surface area contributed by atoms with Gasteiger partial charge in [-0.3, -0.25) is 10.1 Å². The van der Waals surface area contributed by atoms with Gasteiger partial charge in [0.15, 0.2) is 5.75 Å². The molecule has 0 N–H and O–H groups in total. The Balaban J connectivity index is 2.16. The quantitative estimate of drug-likeness (QED) is 0.598. The predicted octanol–water partition coefficient (Wildman–Crippen LogP) is 2.46. The van der Waals surface area contributed by atoms with Crippen molar-refractivity contribution < 1.29 is 14.4 Å². The van der Waals surface area contributed by atoms with Gasteiger partial charge in [-0.25, -0.2) is 0 Å². The maximum absolute atomic E-state index is 10.9. The van der Waals surface area contributed by atoms with Gasteiger partial charge in [-0.1, -0.05) is 6.07 Å². The molecule has 0 spiro atoms. The molecule has 5 nitrogen and oxygen atoms in total. The molecular weight excluding hydrogens is 222 g/mol. The van der Waals surface area contributed by atoms with Gasteiger partial charge in [0.1, 0.15) is 6.10 Å². The minimum atomic E-state index is -0.401. The molecule has 1 aliphatic rings. The van der Waals surface area contributed by atoms with E-state index in [1.807, 2.05) is 13.0 Å². The van der Waals surface area contributed by atoms with Crippen molar-refractivity contribution in [2.24, 2.45) is 0 Å². The highest BCUT2D eigenvalue weighted by atomic mass is 16.6. The maximum atomic E-state index is 10.9. The Labute approximate surface area is 99.5 Å². The third kappa shape index (κ3) is 2.94. The Hall–Kier alpha value is -1.62. The van der Waals surface area contributed by atoms with Crippen LogP contribution in [0.5, 0.6) is 5.75 Å². The van der Waals surface area contributed by atoms with Gasteiger partial charge in [0.05, 0.1) is 18.1 Å². The number of hydrogen-bond donors (Lipinski definition) is 0. The van der Waals surface area contributed by atoms with Gasteiger partial charge in [0, 0.05) is 18.9 Å². The zero-order valence-corrected chi connectivity index (χ0v) is 9.72. The van der Waals surface area contributed by atoms with E-state index in [-0.39, 0.29) is 11.8 Å². The van der Waals surface area contributed by atoms with Crippen molar-refractivity contribution in [3.63, 3.8) is 0 Å². The highest BCUT2D eigenvalue weighted by Gasteiger charge is 2.21. The Morgan fingerprint density at radius 2 is 2.12 bits per heavy atom. The molecule has 1 aromatic carbocycles. The van der Waals surface area contributed by atoms with Crippen molar-refractivity contribution in [3.05, 3.63) is 33.9 Å². The molecule has 5 heteroatoms. The fraction of sp³-hybridized carbons (Fsp3) is 0.500. The predicted molar refractivity (Wildman–Crippen MR) is 62.3 cm³/mol. The van der Waals surface area contributed by atoms with E-state index in [1.165, 1.54) is 6.07 Å². The molecule has 0 radical (unpaired) electrons. The van der Waals surface area contributed by atoms with Gasteiger partial charge in [0.25, 0.3) is 0 Å². The van der Waals surface area contributed by atoms with E-state index in [4.69, 9.17) is 9.47 Å². The fourth-order valence-electron chi connectivity index (χ4n) is 1.84. The second kappa shape index (κ2) is 5.14. The molecule has 0 saturated carbocycles. The fourth-order valence-corrected chi connectivity index (χ4v) is 1.84. The van der Waals surface area contributed by atoms with Crippen LogP contribution < -0.4 is 4.74 Å². The third-order valence-electron chi connectivity index (χ3n) is 2.77. The summed E-state index contributed by atoms with van der Waals surface area (Å²) in [7, 11) is 0. The first-order valence-electron chi connectivity index (χ1n) is 5.66. The van der Waals surface area contributed by atoms with Gasteiger partial charge < -0.3 is 9.47 Å². The van der Waals surface area contributed by atoms with Crippen LogP contribution in [0.2, 0.25) is 0 Å². The summed E-state index contributed by atoms with van der Waals surface area (Å²) < 4.78 is 10.9. The zero-order valence-electron chi connectivity index (χ0n) is 9.72. The molecule has 0 aromatic heterocycles. The number of aryl methyl sites for hydroxylation is 1. The molecule has 0 amide bonds. The van der Waals surface area contributed by atoms with Crippen LogP contribution in [-0.2, 0) is 4.74 Å². The summed E-state index contributed by atoms with van der Waals surface area (Å²) in [4.78, 5) is 10.5. The summed E-state index contributed by atoms with van der Waals surface area (Å²) in [6.45, 7) is 3.14. The minimum Gasteiger partial charge on any atom is -0.483 e. The van der Waals surface area contributed by atoms with Crippen molar-refractivity contribution in [1.82, 2.24) is 0 Å². The van der Waals surface area contributed by atoms with Crippen LogP contribution in [0, 0.1) is 17.0 Å². The van der Waals surface area contributed by atoms with Gasteiger partial charge >= 0.3 is 5.69 Å². The molecule has 92 valence electrons. The highest BCUT2D eigenvalue weighted by Crippen LogP contribution is 2.30.